The molecule has 0 saturated carbocycles. The predicted molar refractivity (Wildman–Crippen MR) is 134 cm³/mol. The number of hydrogen-bond donors (Lipinski definition) is 1. The van der Waals surface area contributed by atoms with Crippen LogP contribution in [0.3, 0.4) is 0 Å². The number of ether oxygens (including phenoxy) is 1. The molecule has 0 unspecified atom stereocenters. The first-order chi connectivity index (χ1) is 17.3. The van der Waals surface area contributed by atoms with Crippen LogP contribution in [0, 0.1) is 0 Å². The number of nitrogens with zero attached hydrogens (tertiary/aromatic N) is 5. The SMILES string of the molecule is COc1cccc(Nc2nc(N3CCN(c4ccnc5cc(Cl)ccc45)CC3)cc(C(F)(F)F)n2)c1. The lowest BCUT2D eigenvalue weighted by Crippen LogP contribution is -2.47. The molecule has 11 heteroatoms. The number of nitrogens with one attached hydrogen (secondary N) is 1. The molecule has 3 heterocycles. The normalized spacial score (nSPS) is 14.2. The quantitative estimate of drug-likeness (QED) is 0.362. The maximum Gasteiger partial charge on any atom is 0.433 e. The maximum atomic E-state index is 13.7. The second-order valence-corrected chi connectivity index (χ2v) is 8.69. The molecule has 1 fully saturated rings. The molecule has 186 valence electrons. The summed E-state index contributed by atoms with van der Waals surface area (Å²) in [6.07, 6.45) is -2.88. The fraction of sp³-hybridized carbons (Fsp3) is 0.240. The van der Waals surface area contributed by atoms with E-state index in [0.29, 0.717) is 42.6 Å². The highest BCUT2D eigenvalue weighted by Crippen LogP contribution is 2.33. The van der Waals surface area contributed by atoms with Crippen molar-refractivity contribution >= 4 is 45.6 Å². The van der Waals surface area contributed by atoms with Gasteiger partial charge in [-0.05, 0) is 36.4 Å². The topological polar surface area (TPSA) is 66.4 Å². The lowest BCUT2D eigenvalue weighted by atomic mass is 10.1. The van der Waals surface area contributed by atoms with E-state index >= 15 is 0 Å². The molecule has 1 aliphatic rings. The van der Waals surface area contributed by atoms with Crippen LogP contribution in [0.25, 0.3) is 10.9 Å². The van der Waals surface area contributed by atoms with E-state index in [1.807, 2.05) is 29.2 Å². The smallest absolute Gasteiger partial charge is 0.433 e. The molecule has 1 N–H and O–H groups in total. The molecule has 0 radical (unpaired) electrons. The first-order valence-corrected chi connectivity index (χ1v) is 11.6. The van der Waals surface area contributed by atoms with E-state index < -0.39 is 11.9 Å². The Labute approximate surface area is 210 Å². The third kappa shape index (κ3) is 5.08. The van der Waals surface area contributed by atoms with Crippen LogP contribution in [0.4, 0.5) is 36.3 Å². The Morgan fingerprint density at radius 2 is 1.72 bits per heavy atom. The zero-order valence-electron chi connectivity index (χ0n) is 19.3. The molecule has 36 heavy (non-hydrogen) atoms. The molecule has 5 rings (SSSR count). The third-order valence-corrected chi connectivity index (χ3v) is 6.19. The summed E-state index contributed by atoms with van der Waals surface area (Å²) in [4.78, 5) is 16.5. The number of alkyl halides is 3. The Morgan fingerprint density at radius 1 is 0.944 bits per heavy atom. The van der Waals surface area contributed by atoms with Crippen molar-refractivity contribution < 1.29 is 17.9 Å². The Bertz CT molecular complexity index is 1390. The van der Waals surface area contributed by atoms with E-state index in [1.165, 1.54) is 7.11 Å². The monoisotopic (exact) mass is 514 g/mol. The lowest BCUT2D eigenvalue weighted by Gasteiger charge is -2.37. The summed E-state index contributed by atoms with van der Waals surface area (Å²) in [5.74, 6) is 0.649. The van der Waals surface area contributed by atoms with E-state index in [4.69, 9.17) is 16.3 Å². The molecular weight excluding hydrogens is 493 g/mol. The second-order valence-electron chi connectivity index (χ2n) is 8.26. The molecule has 0 spiro atoms. The number of methoxy groups -OCH3 is 1. The summed E-state index contributed by atoms with van der Waals surface area (Å²) in [5, 5.41) is 4.46. The number of fused-ring (bicyclic) bond motifs is 1. The zero-order chi connectivity index (χ0) is 25.3. The van der Waals surface area contributed by atoms with Crippen molar-refractivity contribution in [1.82, 2.24) is 15.0 Å². The number of aromatic nitrogens is 3. The minimum atomic E-state index is -4.61. The van der Waals surface area contributed by atoms with Crippen molar-refractivity contribution in [3.63, 3.8) is 0 Å². The Hall–Kier alpha value is -3.79. The summed E-state index contributed by atoms with van der Waals surface area (Å²) < 4.78 is 46.1. The Balaban J connectivity index is 1.38. The van der Waals surface area contributed by atoms with Crippen molar-refractivity contribution in [1.29, 1.82) is 0 Å². The van der Waals surface area contributed by atoms with Gasteiger partial charge in [-0.1, -0.05) is 17.7 Å². The highest BCUT2D eigenvalue weighted by atomic mass is 35.5. The van der Waals surface area contributed by atoms with Crippen LogP contribution in [0.5, 0.6) is 5.75 Å². The fourth-order valence-corrected chi connectivity index (χ4v) is 4.35. The van der Waals surface area contributed by atoms with Crippen LogP contribution >= 0.6 is 11.6 Å². The van der Waals surface area contributed by atoms with E-state index in [9.17, 15) is 13.2 Å². The van der Waals surface area contributed by atoms with Gasteiger partial charge in [-0.25, -0.2) is 4.98 Å². The van der Waals surface area contributed by atoms with Crippen molar-refractivity contribution in [3.05, 3.63) is 71.5 Å². The lowest BCUT2D eigenvalue weighted by molar-refractivity contribution is -0.141. The van der Waals surface area contributed by atoms with Crippen molar-refractivity contribution in [3.8, 4) is 5.75 Å². The molecule has 7 nitrogen and oxygen atoms in total. The number of pyridine rings is 1. The van der Waals surface area contributed by atoms with Crippen LogP contribution in [0.1, 0.15) is 5.69 Å². The van der Waals surface area contributed by atoms with Crippen molar-refractivity contribution in [2.75, 3.05) is 48.4 Å². The molecule has 0 atom stereocenters. The van der Waals surface area contributed by atoms with Gasteiger partial charge in [-0.3, -0.25) is 4.98 Å². The zero-order valence-corrected chi connectivity index (χ0v) is 20.0. The summed E-state index contributed by atoms with van der Waals surface area (Å²) in [7, 11) is 1.52. The van der Waals surface area contributed by atoms with Gasteiger partial charge in [0.2, 0.25) is 5.95 Å². The molecule has 1 saturated heterocycles. The summed E-state index contributed by atoms with van der Waals surface area (Å²) in [6.45, 7) is 2.19. The molecule has 4 aromatic rings. The van der Waals surface area contributed by atoms with Gasteiger partial charge in [0.25, 0.3) is 0 Å². The summed E-state index contributed by atoms with van der Waals surface area (Å²) in [5.41, 5.74) is 1.32. The summed E-state index contributed by atoms with van der Waals surface area (Å²) in [6, 6.07) is 15.3. The molecule has 2 aromatic heterocycles. The van der Waals surface area contributed by atoms with Crippen molar-refractivity contribution in [2.45, 2.75) is 6.18 Å². The average Bonchev–Trinajstić information content (AvgIpc) is 2.87. The van der Waals surface area contributed by atoms with Gasteiger partial charge < -0.3 is 19.9 Å². The first kappa shape index (κ1) is 23.9. The number of piperazine rings is 1. The first-order valence-electron chi connectivity index (χ1n) is 11.2. The van der Waals surface area contributed by atoms with Gasteiger partial charge in [-0.2, -0.15) is 18.2 Å². The number of anilines is 4. The van der Waals surface area contributed by atoms with Gasteiger partial charge in [0, 0.05) is 66.3 Å². The van der Waals surface area contributed by atoms with Gasteiger partial charge in [-0.15, -0.1) is 0 Å². The number of halogens is 4. The Kier molecular flexibility index (Phi) is 6.44. The predicted octanol–water partition coefficient (Wildman–Crippen LogP) is 5.78. The molecular formula is C25H22ClF3N6O. The van der Waals surface area contributed by atoms with Crippen LogP contribution < -0.4 is 19.9 Å². The van der Waals surface area contributed by atoms with E-state index in [0.717, 1.165) is 22.7 Å². The highest BCUT2D eigenvalue weighted by molar-refractivity contribution is 6.31. The van der Waals surface area contributed by atoms with E-state index in [1.54, 1.807) is 30.5 Å². The van der Waals surface area contributed by atoms with Gasteiger partial charge >= 0.3 is 6.18 Å². The molecule has 2 aromatic carbocycles. The van der Waals surface area contributed by atoms with Crippen LogP contribution in [0.15, 0.2) is 60.8 Å². The standard InChI is InChI=1S/C25H22ClF3N6O/c1-36-18-4-2-3-17(14-18)31-24-32-22(25(27,28)29)15-23(33-24)35-11-9-34(10-12-35)21-7-8-30-20-13-16(26)5-6-19(20)21/h2-8,13-15H,9-12H2,1H3,(H,31,32,33). The largest absolute Gasteiger partial charge is 0.497 e. The number of hydrogen-bond acceptors (Lipinski definition) is 7. The molecule has 0 aliphatic carbocycles. The van der Waals surface area contributed by atoms with Crippen molar-refractivity contribution in [2.24, 2.45) is 0 Å². The third-order valence-electron chi connectivity index (χ3n) is 5.96. The second kappa shape index (κ2) is 9.69. The van der Waals surface area contributed by atoms with Gasteiger partial charge in [0.1, 0.15) is 11.6 Å². The van der Waals surface area contributed by atoms with Crippen LogP contribution in [0.2, 0.25) is 5.02 Å². The molecule has 0 bridgehead atoms. The fourth-order valence-electron chi connectivity index (χ4n) is 4.19. The van der Waals surface area contributed by atoms with E-state index in [-0.39, 0.29) is 11.8 Å². The molecule has 0 amide bonds. The van der Waals surface area contributed by atoms with Crippen LogP contribution in [-0.2, 0) is 6.18 Å². The van der Waals surface area contributed by atoms with Gasteiger partial charge in [0.05, 0.1) is 12.6 Å². The maximum absolute atomic E-state index is 13.7. The van der Waals surface area contributed by atoms with Crippen LogP contribution in [-0.4, -0.2) is 48.2 Å². The summed E-state index contributed by atoms with van der Waals surface area (Å²) >= 11 is 6.10. The van der Waals surface area contributed by atoms with E-state index in [2.05, 4.69) is 25.2 Å². The number of benzene rings is 2. The molecule has 1 aliphatic heterocycles. The minimum absolute atomic E-state index is 0.132. The number of rotatable bonds is 5. The minimum Gasteiger partial charge on any atom is -0.497 e. The Morgan fingerprint density at radius 3 is 2.47 bits per heavy atom. The van der Waals surface area contributed by atoms with Gasteiger partial charge in [0.15, 0.2) is 5.69 Å². The average molecular weight is 515 g/mol. The highest BCUT2D eigenvalue weighted by Gasteiger charge is 2.34.